The summed E-state index contributed by atoms with van der Waals surface area (Å²) in [6.07, 6.45) is 5.97. The normalized spacial score (nSPS) is 22.2. The van der Waals surface area contributed by atoms with Crippen molar-refractivity contribution in [2.45, 2.75) is 37.6 Å². The summed E-state index contributed by atoms with van der Waals surface area (Å²) in [5.41, 5.74) is -0.593. The molecule has 2 aromatic rings. The highest BCUT2D eigenvalue weighted by Gasteiger charge is 2.51. The number of hydrogen-bond donors (Lipinski definition) is 3. The smallest absolute Gasteiger partial charge is 0.322 e. The van der Waals surface area contributed by atoms with E-state index in [4.69, 9.17) is 0 Å². The van der Waals surface area contributed by atoms with Gasteiger partial charge in [-0.05, 0) is 43.0 Å². The molecule has 10 heteroatoms. The van der Waals surface area contributed by atoms with Crippen molar-refractivity contribution in [3.63, 3.8) is 0 Å². The number of rotatable bonds is 5. The molecule has 152 valence electrons. The Bertz CT molecular complexity index is 938. The van der Waals surface area contributed by atoms with Crippen LogP contribution < -0.4 is 16.0 Å². The summed E-state index contributed by atoms with van der Waals surface area (Å²) in [5, 5.41) is 15.9. The zero-order valence-corrected chi connectivity index (χ0v) is 15.7. The van der Waals surface area contributed by atoms with E-state index < -0.39 is 23.4 Å². The summed E-state index contributed by atoms with van der Waals surface area (Å²) < 4.78 is 13.1. The van der Waals surface area contributed by atoms with Crippen molar-refractivity contribution in [2.75, 3.05) is 6.54 Å². The molecule has 29 heavy (non-hydrogen) atoms. The Kier molecular flexibility index (Phi) is 4.99. The van der Waals surface area contributed by atoms with Crippen molar-refractivity contribution in [1.82, 2.24) is 30.9 Å². The fourth-order valence-electron chi connectivity index (χ4n) is 4.03. The molecule has 9 nitrogen and oxygen atoms in total. The summed E-state index contributed by atoms with van der Waals surface area (Å²) >= 11 is 0. The van der Waals surface area contributed by atoms with Gasteiger partial charge in [0.1, 0.15) is 11.4 Å². The summed E-state index contributed by atoms with van der Waals surface area (Å²) in [4.78, 5) is 38.2. The van der Waals surface area contributed by atoms with Crippen molar-refractivity contribution in [1.29, 1.82) is 0 Å². The third-order valence-electron chi connectivity index (χ3n) is 5.58. The predicted molar refractivity (Wildman–Crippen MR) is 99.6 cm³/mol. The molecule has 1 unspecified atom stereocenters. The average molecular weight is 400 g/mol. The van der Waals surface area contributed by atoms with E-state index in [1.165, 1.54) is 35.3 Å². The molecule has 4 amide bonds. The first-order valence-electron chi connectivity index (χ1n) is 9.58. The van der Waals surface area contributed by atoms with Crippen LogP contribution in [-0.2, 0) is 4.79 Å². The molecular weight excluding hydrogens is 379 g/mol. The van der Waals surface area contributed by atoms with Gasteiger partial charge in [-0.25, -0.2) is 9.18 Å². The molecular formula is C19H21FN6O3. The molecule has 1 aliphatic carbocycles. The highest BCUT2D eigenvalue weighted by molar-refractivity contribution is 6.07. The van der Waals surface area contributed by atoms with E-state index in [9.17, 15) is 18.8 Å². The first-order valence-corrected chi connectivity index (χ1v) is 9.58. The molecule has 2 heterocycles. The van der Waals surface area contributed by atoms with Crippen LogP contribution in [0, 0.1) is 11.7 Å². The minimum absolute atomic E-state index is 0.0303. The maximum absolute atomic E-state index is 13.1. The maximum atomic E-state index is 13.1. The Morgan fingerprint density at radius 2 is 1.93 bits per heavy atom. The average Bonchev–Trinajstić information content (AvgIpc) is 3.32. The van der Waals surface area contributed by atoms with Crippen molar-refractivity contribution < 1.29 is 18.8 Å². The van der Waals surface area contributed by atoms with Gasteiger partial charge in [0.25, 0.3) is 11.8 Å². The first-order chi connectivity index (χ1) is 14.0. The van der Waals surface area contributed by atoms with E-state index in [-0.39, 0.29) is 24.0 Å². The summed E-state index contributed by atoms with van der Waals surface area (Å²) in [7, 11) is 0. The number of nitrogens with zero attached hydrogens (tertiary/aromatic N) is 3. The predicted octanol–water partition coefficient (Wildman–Crippen LogP) is 1.29. The van der Waals surface area contributed by atoms with E-state index in [0.29, 0.717) is 5.69 Å². The highest BCUT2D eigenvalue weighted by atomic mass is 19.1. The van der Waals surface area contributed by atoms with Crippen LogP contribution >= 0.6 is 0 Å². The second-order valence-corrected chi connectivity index (χ2v) is 7.39. The molecule has 1 aromatic heterocycles. The molecule has 3 N–H and O–H groups in total. The minimum Gasteiger partial charge on any atom is -0.348 e. The van der Waals surface area contributed by atoms with Gasteiger partial charge in [0.15, 0.2) is 5.69 Å². The Morgan fingerprint density at radius 3 is 2.59 bits per heavy atom. The third-order valence-corrected chi connectivity index (χ3v) is 5.58. The lowest BCUT2D eigenvalue weighted by atomic mass is 9.74. The summed E-state index contributed by atoms with van der Waals surface area (Å²) in [6.45, 7) is -0.0303. The fourth-order valence-corrected chi connectivity index (χ4v) is 4.03. The number of carbonyl (C=O) groups excluding carboxylic acids is 3. The molecule has 0 radical (unpaired) electrons. The number of carbonyl (C=O) groups is 3. The van der Waals surface area contributed by atoms with Gasteiger partial charge in [0.05, 0.1) is 18.4 Å². The zero-order chi connectivity index (χ0) is 20.4. The molecule has 0 bridgehead atoms. The van der Waals surface area contributed by atoms with E-state index >= 15 is 0 Å². The van der Waals surface area contributed by atoms with Gasteiger partial charge >= 0.3 is 6.03 Å². The van der Waals surface area contributed by atoms with Crippen LogP contribution in [0.25, 0.3) is 5.69 Å². The van der Waals surface area contributed by atoms with E-state index in [1.807, 2.05) is 0 Å². The number of nitrogens with one attached hydrogen (secondary N) is 3. The number of aromatic nitrogens is 3. The lowest BCUT2D eigenvalue weighted by molar-refractivity contribution is -0.126. The maximum Gasteiger partial charge on any atom is 0.322 e. The third kappa shape index (κ3) is 3.69. The van der Waals surface area contributed by atoms with Crippen LogP contribution in [0.1, 0.15) is 42.6 Å². The lowest BCUT2D eigenvalue weighted by Gasteiger charge is -2.37. The lowest BCUT2D eigenvalue weighted by Crippen LogP contribution is -2.60. The van der Waals surface area contributed by atoms with Crippen molar-refractivity contribution in [3.8, 4) is 5.69 Å². The number of urea groups is 1. The van der Waals surface area contributed by atoms with Gasteiger partial charge in [0, 0.05) is 0 Å². The molecule has 0 spiro atoms. The Morgan fingerprint density at radius 1 is 1.21 bits per heavy atom. The van der Waals surface area contributed by atoms with Crippen LogP contribution in [0.4, 0.5) is 9.18 Å². The Balaban J connectivity index is 1.48. The molecule has 1 saturated carbocycles. The minimum atomic E-state index is -1.15. The molecule has 1 aromatic carbocycles. The number of imide groups is 1. The number of amides is 4. The SMILES string of the molecule is O=C1NC(=O)C(CNC(=O)c2cnn(-c3ccc(F)cc3)n2)(C2CCCCC2)N1. The second-order valence-electron chi connectivity index (χ2n) is 7.39. The van der Waals surface area contributed by atoms with Crippen molar-refractivity contribution in [2.24, 2.45) is 5.92 Å². The number of benzene rings is 1. The first kappa shape index (κ1) is 19.0. The topological polar surface area (TPSA) is 118 Å². The monoisotopic (exact) mass is 400 g/mol. The quantitative estimate of drug-likeness (QED) is 0.654. The van der Waals surface area contributed by atoms with Crippen LogP contribution in [-0.4, -0.2) is 44.9 Å². The van der Waals surface area contributed by atoms with Crippen LogP contribution in [0.3, 0.4) is 0 Å². The Labute approximate surface area is 166 Å². The van der Waals surface area contributed by atoms with Gasteiger partial charge < -0.3 is 10.6 Å². The van der Waals surface area contributed by atoms with Gasteiger partial charge in [-0.2, -0.15) is 9.90 Å². The fraction of sp³-hybridized carbons (Fsp3) is 0.421. The molecule has 1 saturated heterocycles. The zero-order valence-electron chi connectivity index (χ0n) is 15.7. The molecule has 2 fully saturated rings. The van der Waals surface area contributed by atoms with Crippen LogP contribution in [0.2, 0.25) is 0 Å². The highest BCUT2D eigenvalue weighted by Crippen LogP contribution is 2.34. The van der Waals surface area contributed by atoms with Crippen molar-refractivity contribution in [3.05, 3.63) is 42.0 Å². The molecule has 4 rings (SSSR count). The molecule has 1 aliphatic heterocycles. The van der Waals surface area contributed by atoms with E-state index in [2.05, 4.69) is 26.1 Å². The summed E-state index contributed by atoms with van der Waals surface area (Å²) in [5.74, 6) is -1.35. The second kappa shape index (κ2) is 7.61. The Hall–Kier alpha value is -3.30. The summed E-state index contributed by atoms with van der Waals surface area (Å²) in [6, 6.07) is 4.99. The largest absolute Gasteiger partial charge is 0.348 e. The van der Waals surface area contributed by atoms with Crippen LogP contribution in [0.15, 0.2) is 30.5 Å². The van der Waals surface area contributed by atoms with E-state index in [1.54, 1.807) is 0 Å². The van der Waals surface area contributed by atoms with Gasteiger partial charge in [0.2, 0.25) is 0 Å². The van der Waals surface area contributed by atoms with Gasteiger partial charge in [-0.1, -0.05) is 19.3 Å². The standard InChI is InChI=1S/C19H21FN6O3/c20-13-6-8-14(9-7-13)26-22-10-15(25-26)16(27)21-11-19(12-4-2-1-3-5-12)17(28)23-18(29)24-19/h6-10,12H,1-5,11H2,(H,21,27)(H2,23,24,28,29). The van der Waals surface area contributed by atoms with E-state index in [0.717, 1.165) is 32.1 Å². The molecule has 1 atom stereocenters. The van der Waals surface area contributed by atoms with Crippen LogP contribution in [0.5, 0.6) is 0 Å². The van der Waals surface area contributed by atoms with Gasteiger partial charge in [-0.3, -0.25) is 14.9 Å². The van der Waals surface area contributed by atoms with Crippen molar-refractivity contribution >= 4 is 17.8 Å². The number of hydrogen-bond acceptors (Lipinski definition) is 5. The van der Waals surface area contributed by atoms with Gasteiger partial charge in [-0.15, -0.1) is 5.10 Å². The molecule has 2 aliphatic rings. The number of halogens is 1.